The summed E-state index contributed by atoms with van der Waals surface area (Å²) in [5.74, 6) is -0.845. The van der Waals surface area contributed by atoms with Crippen LogP contribution in [0.2, 0.25) is 0 Å². The third kappa shape index (κ3) is 4.21. The van der Waals surface area contributed by atoms with E-state index < -0.39 is 23.4 Å². The minimum absolute atomic E-state index is 0.0423. The average Bonchev–Trinajstić information content (AvgIpc) is 3.46. The van der Waals surface area contributed by atoms with E-state index >= 15 is 0 Å². The highest BCUT2D eigenvalue weighted by Crippen LogP contribution is 2.47. The third-order valence-electron chi connectivity index (χ3n) is 7.24. The summed E-state index contributed by atoms with van der Waals surface area (Å²) in [5, 5.41) is 8.37. The van der Waals surface area contributed by atoms with E-state index in [1.54, 1.807) is 34.0 Å². The van der Waals surface area contributed by atoms with Crippen molar-refractivity contribution in [2.45, 2.75) is 25.9 Å². The van der Waals surface area contributed by atoms with E-state index in [9.17, 15) is 14.0 Å². The summed E-state index contributed by atoms with van der Waals surface area (Å²) in [6.07, 6.45) is 4.74. The molecule has 8 nitrogen and oxygen atoms in total. The Kier molecular flexibility index (Phi) is 5.91. The molecule has 0 radical (unpaired) electrons. The van der Waals surface area contributed by atoms with E-state index in [0.717, 1.165) is 22.2 Å². The molecule has 1 saturated heterocycles. The summed E-state index contributed by atoms with van der Waals surface area (Å²) in [7, 11) is 0. The minimum Gasteiger partial charge on any atom is -0.343 e. The van der Waals surface area contributed by atoms with E-state index in [-0.39, 0.29) is 17.5 Å². The van der Waals surface area contributed by atoms with Crippen LogP contribution >= 0.6 is 0 Å². The number of carbonyl (C=O) groups is 2. The maximum absolute atomic E-state index is 14.0. The molecule has 0 unspecified atom stereocenters. The lowest BCUT2D eigenvalue weighted by Crippen LogP contribution is -2.46. The van der Waals surface area contributed by atoms with Gasteiger partial charge >= 0.3 is 0 Å². The molecule has 6 rings (SSSR count). The second kappa shape index (κ2) is 9.43. The van der Waals surface area contributed by atoms with Gasteiger partial charge in [0, 0.05) is 23.5 Å². The fourth-order valence-corrected chi connectivity index (χ4v) is 5.22. The number of nitrogens with one attached hydrogen (secondary N) is 1. The fourth-order valence-electron chi connectivity index (χ4n) is 5.22. The van der Waals surface area contributed by atoms with Crippen LogP contribution < -0.4 is 10.2 Å². The quantitative estimate of drug-likeness (QED) is 0.357. The summed E-state index contributed by atoms with van der Waals surface area (Å²) in [4.78, 5) is 37.1. The maximum atomic E-state index is 14.0. The summed E-state index contributed by atoms with van der Waals surface area (Å²) in [6.45, 7) is 3.68. The number of carbonyl (C=O) groups excluding carboxylic acids is 2. The van der Waals surface area contributed by atoms with E-state index in [1.165, 1.54) is 24.5 Å². The molecule has 194 valence electrons. The van der Waals surface area contributed by atoms with Crippen molar-refractivity contribution in [1.29, 1.82) is 0 Å². The highest BCUT2D eigenvalue weighted by atomic mass is 19.1. The largest absolute Gasteiger partial charge is 0.343 e. The average molecular weight is 521 g/mol. The van der Waals surface area contributed by atoms with Gasteiger partial charge in [0.2, 0.25) is 11.7 Å². The molecule has 3 heterocycles. The number of anilines is 1. The molecular weight excluding hydrogens is 495 g/mol. The van der Waals surface area contributed by atoms with Crippen molar-refractivity contribution < 1.29 is 14.0 Å². The number of rotatable bonds is 5. The second-order valence-corrected chi connectivity index (χ2v) is 10.1. The topological polar surface area (TPSA) is 93.0 Å². The van der Waals surface area contributed by atoms with Gasteiger partial charge in [-0.2, -0.15) is 5.10 Å². The lowest BCUT2D eigenvalue weighted by atomic mass is 9.82. The van der Waals surface area contributed by atoms with Crippen molar-refractivity contribution in [3.8, 4) is 5.69 Å². The second-order valence-electron chi connectivity index (χ2n) is 10.1. The molecule has 1 N–H and O–H groups in total. The molecule has 2 atom stereocenters. The van der Waals surface area contributed by atoms with Gasteiger partial charge in [-0.25, -0.2) is 19.0 Å². The molecule has 2 aromatic heterocycles. The normalized spacial score (nSPS) is 18.4. The predicted octanol–water partition coefficient (Wildman–Crippen LogP) is 4.87. The van der Waals surface area contributed by atoms with Crippen molar-refractivity contribution in [1.82, 2.24) is 25.1 Å². The summed E-state index contributed by atoms with van der Waals surface area (Å²) < 4.78 is 15.2. The molecule has 0 aliphatic carbocycles. The van der Waals surface area contributed by atoms with E-state index in [2.05, 4.69) is 20.4 Å². The highest BCUT2D eigenvalue weighted by molar-refractivity contribution is 6.04. The zero-order chi connectivity index (χ0) is 27.1. The van der Waals surface area contributed by atoms with Crippen LogP contribution in [0.4, 0.5) is 10.1 Å². The number of halogens is 1. The first-order valence-corrected chi connectivity index (χ1v) is 12.5. The SMILES string of the molecule is CC1(C)C(=O)N(c2ccc3c(cnn3-c3ccc(F)cc3)c2)[C@H](c2ccccc2)[C@H]1NC(=O)c1ncccn1. The highest BCUT2D eigenvalue weighted by Gasteiger charge is 2.55. The first kappa shape index (κ1) is 24.4. The van der Waals surface area contributed by atoms with Gasteiger partial charge < -0.3 is 10.2 Å². The van der Waals surface area contributed by atoms with Crippen LogP contribution in [-0.4, -0.2) is 37.6 Å². The molecule has 1 aliphatic heterocycles. The number of hydrogen-bond acceptors (Lipinski definition) is 5. The molecule has 0 bridgehead atoms. The Balaban J connectivity index is 1.42. The molecule has 1 fully saturated rings. The van der Waals surface area contributed by atoms with Crippen LogP contribution in [0.1, 0.15) is 36.1 Å². The Morgan fingerprint density at radius 3 is 2.33 bits per heavy atom. The summed E-state index contributed by atoms with van der Waals surface area (Å²) >= 11 is 0. The summed E-state index contributed by atoms with van der Waals surface area (Å²) in [5.41, 5.74) is 2.18. The van der Waals surface area contributed by atoms with Gasteiger partial charge in [-0.1, -0.05) is 30.3 Å². The van der Waals surface area contributed by atoms with Crippen LogP contribution in [-0.2, 0) is 4.79 Å². The number of benzene rings is 3. The minimum atomic E-state index is -0.932. The molecular formula is C30H25FN6O2. The van der Waals surface area contributed by atoms with Gasteiger partial charge in [-0.05, 0) is 67.9 Å². The van der Waals surface area contributed by atoms with Crippen molar-refractivity contribution in [3.63, 3.8) is 0 Å². The Morgan fingerprint density at radius 2 is 1.62 bits per heavy atom. The monoisotopic (exact) mass is 520 g/mol. The lowest BCUT2D eigenvalue weighted by molar-refractivity contribution is -0.124. The van der Waals surface area contributed by atoms with Crippen LogP contribution in [0.5, 0.6) is 0 Å². The Hall–Kier alpha value is -4.92. The van der Waals surface area contributed by atoms with Crippen molar-refractivity contribution in [3.05, 3.63) is 115 Å². The molecule has 0 spiro atoms. The van der Waals surface area contributed by atoms with Crippen molar-refractivity contribution in [2.24, 2.45) is 5.41 Å². The van der Waals surface area contributed by atoms with Crippen LogP contribution in [0.25, 0.3) is 16.6 Å². The van der Waals surface area contributed by atoms with Crippen LogP contribution in [0, 0.1) is 11.2 Å². The molecule has 9 heteroatoms. The predicted molar refractivity (Wildman–Crippen MR) is 145 cm³/mol. The number of hydrogen-bond donors (Lipinski definition) is 1. The lowest BCUT2D eigenvalue weighted by Gasteiger charge is -2.30. The van der Waals surface area contributed by atoms with E-state index in [4.69, 9.17) is 0 Å². The van der Waals surface area contributed by atoms with Gasteiger partial charge in [0.15, 0.2) is 0 Å². The fraction of sp³-hybridized carbons (Fsp3) is 0.167. The Morgan fingerprint density at radius 1 is 0.923 bits per heavy atom. The van der Waals surface area contributed by atoms with Crippen LogP contribution in [0.3, 0.4) is 0 Å². The molecule has 1 aliphatic rings. The molecule has 5 aromatic rings. The van der Waals surface area contributed by atoms with Gasteiger partial charge in [0.05, 0.1) is 34.9 Å². The maximum Gasteiger partial charge on any atom is 0.289 e. The molecule has 39 heavy (non-hydrogen) atoms. The van der Waals surface area contributed by atoms with Gasteiger partial charge in [-0.15, -0.1) is 0 Å². The number of nitrogens with zero attached hydrogens (tertiary/aromatic N) is 5. The molecule has 2 amide bonds. The van der Waals surface area contributed by atoms with Crippen LogP contribution in [0.15, 0.2) is 97.5 Å². The number of amides is 2. The van der Waals surface area contributed by atoms with E-state index in [1.807, 2.05) is 62.4 Å². The third-order valence-corrected chi connectivity index (χ3v) is 7.24. The number of fused-ring (bicyclic) bond motifs is 1. The molecule has 0 saturated carbocycles. The Bertz CT molecular complexity index is 1670. The van der Waals surface area contributed by atoms with Crippen molar-refractivity contribution in [2.75, 3.05) is 4.90 Å². The standard InChI is InChI=1S/C30H25FN6O2/c1-30(2)26(35-28(38)27-32-15-6-16-33-27)25(19-7-4-3-5-8-19)36(29(30)39)23-13-14-24-20(17-23)18-34-37(24)22-11-9-21(31)10-12-22/h3-18,25-26H,1-2H3,(H,35,38)/t25-,26-/m1/s1. The Labute approximate surface area is 224 Å². The zero-order valence-electron chi connectivity index (χ0n) is 21.3. The van der Waals surface area contributed by atoms with Gasteiger partial charge in [-0.3, -0.25) is 9.59 Å². The summed E-state index contributed by atoms with van der Waals surface area (Å²) in [6, 6.07) is 22.0. The number of aromatic nitrogens is 4. The van der Waals surface area contributed by atoms with E-state index in [0.29, 0.717) is 5.69 Å². The smallest absolute Gasteiger partial charge is 0.289 e. The molecule has 3 aromatic carbocycles. The van der Waals surface area contributed by atoms with Crippen molar-refractivity contribution >= 4 is 28.4 Å². The first-order valence-electron chi connectivity index (χ1n) is 12.5. The van der Waals surface area contributed by atoms with Gasteiger partial charge in [0.1, 0.15) is 5.82 Å². The zero-order valence-corrected chi connectivity index (χ0v) is 21.3. The van der Waals surface area contributed by atoms with Gasteiger partial charge in [0.25, 0.3) is 5.91 Å². The first-order chi connectivity index (χ1) is 18.8.